The van der Waals surface area contributed by atoms with Gasteiger partial charge in [-0.25, -0.2) is 5.43 Å². The highest BCUT2D eigenvalue weighted by Crippen LogP contribution is 2.15. The number of hydrogen-bond donors (Lipinski definition) is 1. The van der Waals surface area contributed by atoms with E-state index in [4.69, 9.17) is 4.74 Å². The average Bonchev–Trinajstić information content (AvgIpc) is 2.88. The molecule has 4 nitrogen and oxygen atoms in total. The summed E-state index contributed by atoms with van der Waals surface area (Å²) in [5.41, 5.74) is 5.61. The second-order valence-corrected chi connectivity index (χ2v) is 5.24. The molecule has 0 spiro atoms. The van der Waals surface area contributed by atoms with Crippen molar-refractivity contribution in [2.24, 2.45) is 5.10 Å². The van der Waals surface area contributed by atoms with Crippen molar-refractivity contribution in [3.05, 3.63) is 51.7 Å². The summed E-state index contributed by atoms with van der Waals surface area (Å²) >= 11 is 1.58. The Hall–Kier alpha value is -2.14. The van der Waals surface area contributed by atoms with Gasteiger partial charge in [-0.3, -0.25) is 4.79 Å². The third-order valence-electron chi connectivity index (χ3n) is 2.51. The molecule has 2 aromatic rings. The van der Waals surface area contributed by atoms with Gasteiger partial charge < -0.3 is 4.74 Å². The molecule has 0 fully saturated rings. The highest BCUT2D eigenvalue weighted by molar-refractivity contribution is 7.08. The van der Waals surface area contributed by atoms with Crippen molar-refractivity contribution in [3.63, 3.8) is 0 Å². The van der Waals surface area contributed by atoms with Gasteiger partial charge in [0.1, 0.15) is 5.75 Å². The van der Waals surface area contributed by atoms with Crippen molar-refractivity contribution < 1.29 is 9.53 Å². The van der Waals surface area contributed by atoms with E-state index < -0.39 is 0 Å². The van der Waals surface area contributed by atoms with Crippen LogP contribution >= 0.6 is 11.3 Å². The van der Waals surface area contributed by atoms with Gasteiger partial charge in [0.05, 0.1) is 6.21 Å². The molecule has 1 aromatic carbocycles. The van der Waals surface area contributed by atoms with Crippen LogP contribution in [0, 0.1) is 13.8 Å². The zero-order chi connectivity index (χ0) is 14.4. The number of aryl methyl sites for hydroxylation is 2. The Bertz CT molecular complexity index is 586. The maximum atomic E-state index is 11.6. The van der Waals surface area contributed by atoms with Crippen LogP contribution in [0.15, 0.2) is 40.1 Å². The third kappa shape index (κ3) is 4.51. The minimum absolute atomic E-state index is 0.0517. The lowest BCUT2D eigenvalue weighted by Crippen LogP contribution is -2.24. The molecule has 2 rings (SSSR count). The highest BCUT2D eigenvalue weighted by Gasteiger charge is 2.02. The SMILES string of the molecule is Cc1cc(C)cc(OCC(=O)N/N=C/c2ccsc2)c1. The summed E-state index contributed by atoms with van der Waals surface area (Å²) in [6, 6.07) is 7.77. The maximum Gasteiger partial charge on any atom is 0.277 e. The molecular weight excluding hydrogens is 272 g/mol. The monoisotopic (exact) mass is 288 g/mol. The van der Waals surface area contributed by atoms with Crippen LogP contribution in [-0.4, -0.2) is 18.7 Å². The number of benzene rings is 1. The van der Waals surface area contributed by atoms with Crippen molar-refractivity contribution in [1.29, 1.82) is 0 Å². The number of thiophene rings is 1. The molecule has 0 bridgehead atoms. The lowest BCUT2D eigenvalue weighted by molar-refractivity contribution is -0.123. The van der Waals surface area contributed by atoms with E-state index in [1.807, 2.05) is 42.8 Å². The lowest BCUT2D eigenvalue weighted by Gasteiger charge is -2.07. The first-order valence-corrected chi connectivity index (χ1v) is 7.13. The van der Waals surface area contributed by atoms with Crippen LogP contribution in [-0.2, 0) is 4.79 Å². The molecule has 1 amide bonds. The molecule has 0 saturated heterocycles. The summed E-state index contributed by atoms with van der Waals surface area (Å²) in [5, 5.41) is 7.76. The number of hydrogen-bond acceptors (Lipinski definition) is 4. The zero-order valence-electron chi connectivity index (χ0n) is 11.4. The third-order valence-corrected chi connectivity index (χ3v) is 3.21. The molecule has 0 saturated carbocycles. The van der Waals surface area contributed by atoms with Crippen LogP contribution in [0.1, 0.15) is 16.7 Å². The van der Waals surface area contributed by atoms with Gasteiger partial charge in [0.15, 0.2) is 6.61 Å². The molecule has 0 aliphatic heterocycles. The predicted octanol–water partition coefficient (Wildman–Crippen LogP) is 2.89. The van der Waals surface area contributed by atoms with Gasteiger partial charge in [-0.1, -0.05) is 6.07 Å². The first-order chi connectivity index (χ1) is 9.63. The van der Waals surface area contributed by atoms with E-state index >= 15 is 0 Å². The van der Waals surface area contributed by atoms with Gasteiger partial charge in [-0.15, -0.1) is 0 Å². The fourth-order valence-corrected chi connectivity index (χ4v) is 2.34. The standard InChI is InChI=1S/C15H16N2O2S/c1-11-5-12(2)7-14(6-11)19-9-15(18)17-16-8-13-3-4-20-10-13/h3-8,10H,9H2,1-2H3,(H,17,18)/b16-8+. The Kier molecular flexibility index (Phi) is 4.90. The van der Waals surface area contributed by atoms with Crippen LogP contribution in [0.25, 0.3) is 0 Å². The number of amides is 1. The molecule has 0 aliphatic rings. The molecule has 1 aromatic heterocycles. The molecular formula is C15H16N2O2S. The molecule has 1 heterocycles. The van der Waals surface area contributed by atoms with E-state index in [1.165, 1.54) is 0 Å². The number of carbonyl (C=O) groups is 1. The Morgan fingerprint density at radius 2 is 2.10 bits per heavy atom. The highest BCUT2D eigenvalue weighted by atomic mass is 32.1. The van der Waals surface area contributed by atoms with E-state index in [9.17, 15) is 4.79 Å². The molecule has 0 aliphatic carbocycles. The second-order valence-electron chi connectivity index (χ2n) is 4.46. The molecule has 0 radical (unpaired) electrons. The Labute approximate surface area is 122 Å². The van der Waals surface area contributed by atoms with Gasteiger partial charge in [-0.05, 0) is 53.9 Å². The minimum Gasteiger partial charge on any atom is -0.484 e. The summed E-state index contributed by atoms with van der Waals surface area (Å²) in [5.74, 6) is 0.412. The first kappa shape index (κ1) is 14.3. The van der Waals surface area contributed by atoms with Crippen LogP contribution in [0.2, 0.25) is 0 Å². The Balaban J connectivity index is 1.80. The topological polar surface area (TPSA) is 50.7 Å². The Morgan fingerprint density at radius 1 is 1.35 bits per heavy atom. The van der Waals surface area contributed by atoms with Gasteiger partial charge in [0.2, 0.25) is 0 Å². The smallest absolute Gasteiger partial charge is 0.277 e. The lowest BCUT2D eigenvalue weighted by atomic mass is 10.1. The van der Waals surface area contributed by atoms with E-state index in [0.29, 0.717) is 5.75 Å². The summed E-state index contributed by atoms with van der Waals surface area (Å²) in [4.78, 5) is 11.6. The summed E-state index contributed by atoms with van der Waals surface area (Å²) in [6.07, 6.45) is 1.60. The zero-order valence-corrected chi connectivity index (χ0v) is 12.2. The number of carbonyl (C=O) groups excluding carboxylic acids is 1. The van der Waals surface area contributed by atoms with Gasteiger partial charge in [0.25, 0.3) is 5.91 Å². The summed E-state index contributed by atoms with van der Waals surface area (Å²) in [6.45, 7) is 3.93. The van der Waals surface area contributed by atoms with Crippen LogP contribution in [0.5, 0.6) is 5.75 Å². The van der Waals surface area contributed by atoms with Crippen molar-refractivity contribution in [3.8, 4) is 5.75 Å². The number of nitrogens with zero attached hydrogens (tertiary/aromatic N) is 1. The number of ether oxygens (including phenoxy) is 1. The van der Waals surface area contributed by atoms with E-state index in [2.05, 4.69) is 16.6 Å². The molecule has 0 unspecified atom stereocenters. The molecule has 5 heteroatoms. The summed E-state index contributed by atoms with van der Waals surface area (Å²) in [7, 11) is 0. The van der Waals surface area contributed by atoms with E-state index in [0.717, 1.165) is 16.7 Å². The minimum atomic E-state index is -0.282. The molecule has 0 atom stereocenters. The number of hydrazone groups is 1. The fraction of sp³-hybridized carbons (Fsp3) is 0.200. The van der Waals surface area contributed by atoms with Crippen molar-refractivity contribution in [2.45, 2.75) is 13.8 Å². The van der Waals surface area contributed by atoms with Crippen molar-refractivity contribution in [2.75, 3.05) is 6.61 Å². The molecule has 20 heavy (non-hydrogen) atoms. The van der Waals surface area contributed by atoms with Gasteiger partial charge in [0, 0.05) is 5.56 Å². The van der Waals surface area contributed by atoms with Crippen molar-refractivity contribution in [1.82, 2.24) is 5.43 Å². The van der Waals surface area contributed by atoms with Crippen LogP contribution < -0.4 is 10.2 Å². The van der Waals surface area contributed by atoms with Crippen molar-refractivity contribution >= 4 is 23.5 Å². The van der Waals surface area contributed by atoms with Gasteiger partial charge in [-0.2, -0.15) is 16.4 Å². The fourth-order valence-electron chi connectivity index (χ4n) is 1.72. The maximum absolute atomic E-state index is 11.6. The predicted molar refractivity (Wildman–Crippen MR) is 81.5 cm³/mol. The van der Waals surface area contributed by atoms with Crippen LogP contribution in [0.4, 0.5) is 0 Å². The number of rotatable bonds is 5. The van der Waals surface area contributed by atoms with E-state index in [-0.39, 0.29) is 12.5 Å². The number of nitrogens with one attached hydrogen (secondary N) is 1. The largest absolute Gasteiger partial charge is 0.484 e. The Morgan fingerprint density at radius 3 is 2.75 bits per heavy atom. The van der Waals surface area contributed by atoms with E-state index in [1.54, 1.807) is 17.6 Å². The van der Waals surface area contributed by atoms with Crippen LogP contribution in [0.3, 0.4) is 0 Å². The average molecular weight is 288 g/mol. The summed E-state index contributed by atoms with van der Waals surface area (Å²) < 4.78 is 5.43. The quantitative estimate of drug-likeness (QED) is 0.679. The first-order valence-electron chi connectivity index (χ1n) is 6.19. The molecule has 104 valence electrons. The normalized spacial score (nSPS) is 10.7. The van der Waals surface area contributed by atoms with Gasteiger partial charge >= 0.3 is 0 Å². The second kappa shape index (κ2) is 6.86. The molecule has 1 N–H and O–H groups in total.